The molecule has 1 N–H and O–H groups in total. The SMILES string of the molecule is CC(C)c1cc(-c2nc3c(-c4[c-]c(-c5cc(-c6ccc(-c7ccccc7)cc6)ccn5)cc(C(C)(C)C)c4)cccc3n2-c2cc(-c3ccccc3)c(C(C)(C)C)cc2-c2ccccc2)c(O)c(C(C)C)c1.[Pt]. The van der Waals surface area contributed by atoms with Crippen molar-refractivity contribution in [1.29, 1.82) is 0 Å². The molecule has 10 rings (SSSR count). The minimum absolute atomic E-state index is 0. The van der Waals surface area contributed by atoms with Gasteiger partial charge in [-0.1, -0.05) is 220 Å². The summed E-state index contributed by atoms with van der Waals surface area (Å²) in [5, 5.41) is 12.6. The zero-order chi connectivity index (χ0) is 50.5. The molecule has 0 aliphatic carbocycles. The molecule has 2 heterocycles. The maximum absolute atomic E-state index is 12.6. The van der Waals surface area contributed by atoms with Gasteiger partial charge < -0.3 is 5.11 Å². The van der Waals surface area contributed by atoms with Gasteiger partial charge in [-0.05, 0) is 109 Å². The van der Waals surface area contributed by atoms with Crippen LogP contribution < -0.4 is 0 Å². The minimum Gasteiger partial charge on any atom is -0.507 e. The fourth-order valence-electron chi connectivity index (χ4n) is 9.99. The van der Waals surface area contributed by atoms with Crippen LogP contribution in [0.4, 0.5) is 0 Å². The van der Waals surface area contributed by atoms with E-state index in [9.17, 15) is 5.11 Å². The molecule has 0 saturated carbocycles. The average Bonchev–Trinajstić information content (AvgIpc) is 3.78. The molecular formula is C68H64N3OPt-. The Labute approximate surface area is 447 Å². The molecule has 4 nitrogen and oxygen atoms in total. The molecule has 0 saturated heterocycles. The van der Waals surface area contributed by atoms with E-state index in [1.54, 1.807) is 0 Å². The molecule has 0 atom stereocenters. The minimum atomic E-state index is -0.189. The topological polar surface area (TPSA) is 50.9 Å². The van der Waals surface area contributed by atoms with Crippen LogP contribution in [0.5, 0.6) is 5.75 Å². The largest absolute Gasteiger partial charge is 0.507 e. The number of phenolic OH excluding ortho intramolecular Hbond substituents is 1. The molecule has 0 radical (unpaired) electrons. The number of hydrogen-bond donors (Lipinski definition) is 1. The van der Waals surface area contributed by atoms with Crippen molar-refractivity contribution in [3.63, 3.8) is 0 Å². The number of aromatic hydroxyl groups is 1. The van der Waals surface area contributed by atoms with E-state index in [0.29, 0.717) is 11.4 Å². The van der Waals surface area contributed by atoms with E-state index in [0.717, 1.165) is 83.6 Å². The van der Waals surface area contributed by atoms with Gasteiger partial charge in [0.05, 0.1) is 22.3 Å². The van der Waals surface area contributed by atoms with Crippen molar-refractivity contribution in [3.8, 4) is 89.7 Å². The van der Waals surface area contributed by atoms with Gasteiger partial charge in [0.15, 0.2) is 0 Å². The van der Waals surface area contributed by atoms with Crippen LogP contribution in [-0.2, 0) is 31.9 Å². The molecule has 0 spiro atoms. The van der Waals surface area contributed by atoms with Crippen LogP contribution in [0.2, 0.25) is 0 Å². The number of aromatic nitrogens is 3. The Balaban J connectivity index is 0.00000656. The molecule has 0 aliphatic rings. The van der Waals surface area contributed by atoms with Crippen LogP contribution in [0.15, 0.2) is 188 Å². The molecule has 368 valence electrons. The number of hydrogen-bond acceptors (Lipinski definition) is 3. The van der Waals surface area contributed by atoms with E-state index in [2.05, 4.69) is 256 Å². The van der Waals surface area contributed by atoms with E-state index in [4.69, 9.17) is 9.97 Å². The summed E-state index contributed by atoms with van der Waals surface area (Å²) in [6.07, 6.45) is 1.91. The van der Waals surface area contributed by atoms with Crippen molar-refractivity contribution in [2.75, 3.05) is 0 Å². The summed E-state index contributed by atoms with van der Waals surface area (Å²) in [7, 11) is 0. The van der Waals surface area contributed by atoms with E-state index in [1.807, 2.05) is 12.3 Å². The third-order valence-electron chi connectivity index (χ3n) is 14.1. The maximum Gasteiger partial charge on any atom is 0.148 e. The summed E-state index contributed by atoms with van der Waals surface area (Å²) in [5.74, 6) is 1.24. The Morgan fingerprint density at radius 1 is 0.493 bits per heavy atom. The molecule has 10 aromatic rings. The second-order valence-corrected chi connectivity index (χ2v) is 22.0. The first kappa shape index (κ1) is 50.8. The molecule has 2 aromatic heterocycles. The van der Waals surface area contributed by atoms with Crippen molar-refractivity contribution in [3.05, 3.63) is 217 Å². The van der Waals surface area contributed by atoms with Gasteiger partial charge in [0.1, 0.15) is 11.6 Å². The van der Waals surface area contributed by atoms with Gasteiger partial charge >= 0.3 is 0 Å². The predicted molar refractivity (Wildman–Crippen MR) is 303 cm³/mol. The molecule has 0 fully saturated rings. The van der Waals surface area contributed by atoms with Crippen molar-refractivity contribution in [2.45, 2.75) is 91.9 Å². The Morgan fingerprint density at radius 2 is 1.07 bits per heavy atom. The number of benzene rings is 8. The Hall–Kier alpha value is -7.13. The van der Waals surface area contributed by atoms with Crippen molar-refractivity contribution in [2.24, 2.45) is 0 Å². The standard InChI is InChI=1S/C68H64N3O.Pt/c1-43(2)51-38-56(44(3)4)65(72)59(39-51)66-70-64-55(27-20-28-62(64)71(66)63-42-57(48-23-16-12-17-24-48)60(68(8,9)10)41-58(63)49-25-18-13-19-26-49)52-35-53(37-54(36-52)67(5,6)7)61-40-50(33-34-69-61)47-31-29-46(30-32-47)45-21-14-11-15-22-45;/h11-34,36-44,72H,1-10H3;/q-1;. The summed E-state index contributed by atoms with van der Waals surface area (Å²) >= 11 is 0. The summed E-state index contributed by atoms with van der Waals surface area (Å²) in [6.45, 7) is 22.4. The normalized spacial score (nSPS) is 11.9. The molecule has 0 aliphatic heterocycles. The van der Waals surface area contributed by atoms with Crippen molar-refractivity contribution in [1.82, 2.24) is 14.5 Å². The van der Waals surface area contributed by atoms with Crippen LogP contribution in [0, 0.1) is 6.07 Å². The Morgan fingerprint density at radius 3 is 1.66 bits per heavy atom. The monoisotopic (exact) mass is 1130 g/mol. The number of phenols is 1. The second-order valence-electron chi connectivity index (χ2n) is 22.0. The predicted octanol–water partition coefficient (Wildman–Crippen LogP) is 18.4. The quantitative estimate of drug-likeness (QED) is 0.139. The third kappa shape index (κ3) is 10.2. The van der Waals surface area contributed by atoms with Gasteiger partial charge in [-0.2, -0.15) is 0 Å². The van der Waals surface area contributed by atoms with Gasteiger partial charge in [-0.3, -0.25) is 9.55 Å². The van der Waals surface area contributed by atoms with Crippen LogP contribution in [0.25, 0.3) is 95.0 Å². The van der Waals surface area contributed by atoms with Crippen molar-refractivity contribution < 1.29 is 26.2 Å². The number of pyridine rings is 1. The number of imidazole rings is 1. The molecule has 0 unspecified atom stereocenters. The molecule has 0 bridgehead atoms. The fraction of sp³-hybridized carbons (Fsp3) is 0.206. The molecule has 0 amide bonds. The first-order valence-corrected chi connectivity index (χ1v) is 25.4. The van der Waals surface area contributed by atoms with Gasteiger partial charge in [0.2, 0.25) is 0 Å². The van der Waals surface area contributed by atoms with Gasteiger partial charge in [-0.15, -0.1) is 29.3 Å². The Kier molecular flexibility index (Phi) is 14.2. The first-order valence-electron chi connectivity index (χ1n) is 25.4. The van der Waals surface area contributed by atoms with E-state index in [1.165, 1.54) is 22.3 Å². The van der Waals surface area contributed by atoms with Crippen LogP contribution >= 0.6 is 0 Å². The van der Waals surface area contributed by atoms with E-state index < -0.39 is 0 Å². The molecule has 5 heteroatoms. The molecule has 8 aromatic carbocycles. The van der Waals surface area contributed by atoms with E-state index >= 15 is 0 Å². The molecule has 73 heavy (non-hydrogen) atoms. The van der Waals surface area contributed by atoms with Crippen LogP contribution in [0.1, 0.15) is 103 Å². The maximum atomic E-state index is 12.6. The smallest absolute Gasteiger partial charge is 0.148 e. The van der Waals surface area contributed by atoms with Crippen molar-refractivity contribution >= 4 is 11.0 Å². The number of nitrogens with zero attached hydrogens (tertiary/aromatic N) is 3. The first-order chi connectivity index (χ1) is 34.5. The third-order valence-corrected chi connectivity index (χ3v) is 14.1. The summed E-state index contributed by atoms with van der Waals surface area (Å²) in [4.78, 5) is 10.7. The summed E-state index contributed by atoms with van der Waals surface area (Å²) in [6, 6.07) is 68.9. The van der Waals surface area contributed by atoms with Gasteiger partial charge in [0.25, 0.3) is 0 Å². The van der Waals surface area contributed by atoms with Crippen LogP contribution in [0.3, 0.4) is 0 Å². The number of para-hydroxylation sites is 1. The fourth-order valence-corrected chi connectivity index (χ4v) is 9.99. The average molecular weight is 1130 g/mol. The van der Waals surface area contributed by atoms with Gasteiger partial charge in [0, 0.05) is 38.5 Å². The zero-order valence-electron chi connectivity index (χ0n) is 43.7. The van der Waals surface area contributed by atoms with E-state index in [-0.39, 0.29) is 49.5 Å². The zero-order valence-corrected chi connectivity index (χ0v) is 45.9. The Bertz CT molecular complexity index is 3580. The summed E-state index contributed by atoms with van der Waals surface area (Å²) in [5.41, 5.74) is 20.3. The van der Waals surface area contributed by atoms with Gasteiger partial charge in [-0.25, -0.2) is 4.98 Å². The number of fused-ring (bicyclic) bond motifs is 1. The van der Waals surface area contributed by atoms with Crippen LogP contribution in [-0.4, -0.2) is 19.6 Å². The summed E-state index contributed by atoms with van der Waals surface area (Å²) < 4.78 is 2.31. The number of rotatable bonds is 10. The second kappa shape index (κ2) is 20.4. The molecular weight excluding hydrogens is 1070 g/mol.